The van der Waals surface area contributed by atoms with Crippen LogP contribution in [0.1, 0.15) is 52.3 Å². The summed E-state index contributed by atoms with van der Waals surface area (Å²) in [4.78, 5) is 16.3. The minimum atomic E-state index is -0.239. The van der Waals surface area contributed by atoms with Crippen molar-refractivity contribution in [2.24, 2.45) is 0 Å². The lowest BCUT2D eigenvalue weighted by atomic mass is 10.1. The zero-order chi connectivity index (χ0) is 15.0. The van der Waals surface area contributed by atoms with Crippen molar-refractivity contribution in [2.75, 3.05) is 13.2 Å². The minimum absolute atomic E-state index is 0.160. The topological polar surface area (TPSA) is 56.2 Å². The van der Waals surface area contributed by atoms with Crippen molar-refractivity contribution in [3.63, 3.8) is 0 Å². The second-order valence-corrected chi connectivity index (χ2v) is 5.18. The predicted octanol–water partition coefficient (Wildman–Crippen LogP) is 2.33. The van der Waals surface area contributed by atoms with Crippen LogP contribution in [0, 0.1) is 0 Å². The fraction of sp³-hybridized carbons (Fsp3) is 0.733. The van der Waals surface area contributed by atoms with Gasteiger partial charge in [0.25, 0.3) is 0 Å². The smallest absolute Gasteiger partial charge is 0.323 e. The van der Waals surface area contributed by atoms with Gasteiger partial charge in [-0.3, -0.25) is 4.79 Å². The number of carbonyl (C=O) groups excluding carboxylic acids is 1. The number of aromatic nitrogens is 2. The molecule has 1 aromatic heterocycles. The van der Waals surface area contributed by atoms with Crippen LogP contribution < -0.4 is 5.32 Å². The van der Waals surface area contributed by atoms with E-state index < -0.39 is 0 Å². The van der Waals surface area contributed by atoms with E-state index in [1.807, 2.05) is 19.3 Å². The lowest BCUT2D eigenvalue weighted by Gasteiger charge is -2.18. The van der Waals surface area contributed by atoms with Crippen LogP contribution in [0.4, 0.5) is 0 Å². The van der Waals surface area contributed by atoms with E-state index in [4.69, 9.17) is 4.74 Å². The number of aryl methyl sites for hydroxylation is 1. The molecule has 0 aliphatic heterocycles. The van der Waals surface area contributed by atoms with Gasteiger partial charge in [-0.15, -0.1) is 0 Å². The summed E-state index contributed by atoms with van der Waals surface area (Å²) in [6.07, 6.45) is 5.50. The van der Waals surface area contributed by atoms with Crippen LogP contribution in [-0.4, -0.2) is 34.7 Å². The number of hydrogen-bond donors (Lipinski definition) is 1. The molecule has 5 nitrogen and oxygen atoms in total. The quantitative estimate of drug-likeness (QED) is 0.706. The Balaban J connectivity index is 2.60. The summed E-state index contributed by atoms with van der Waals surface area (Å²) in [7, 11) is 0. The third-order valence-corrected chi connectivity index (χ3v) is 3.13. The van der Waals surface area contributed by atoms with Crippen LogP contribution >= 0.6 is 0 Å². The number of nitrogens with zero attached hydrogens (tertiary/aromatic N) is 2. The first-order valence-corrected chi connectivity index (χ1v) is 7.51. The first kappa shape index (κ1) is 16.7. The van der Waals surface area contributed by atoms with Crippen LogP contribution in [0.15, 0.2) is 12.4 Å². The lowest BCUT2D eigenvalue weighted by molar-refractivity contribution is -0.145. The number of ether oxygens (including phenoxy) is 1. The number of esters is 1. The lowest BCUT2D eigenvalue weighted by Crippen LogP contribution is -2.39. The van der Waals surface area contributed by atoms with Crippen LogP contribution in [0.2, 0.25) is 0 Å². The number of hydrogen-bond acceptors (Lipinski definition) is 4. The molecular weight excluding hydrogens is 254 g/mol. The zero-order valence-electron chi connectivity index (χ0n) is 13.1. The average molecular weight is 281 g/mol. The van der Waals surface area contributed by atoms with Crippen molar-refractivity contribution in [1.29, 1.82) is 0 Å². The van der Waals surface area contributed by atoms with E-state index in [-0.39, 0.29) is 12.0 Å². The van der Waals surface area contributed by atoms with Gasteiger partial charge in [-0.2, -0.15) is 0 Å². The summed E-state index contributed by atoms with van der Waals surface area (Å²) >= 11 is 0. The third-order valence-electron chi connectivity index (χ3n) is 3.13. The Hall–Kier alpha value is -1.36. The largest absolute Gasteiger partial charge is 0.465 e. The van der Waals surface area contributed by atoms with Gasteiger partial charge in [0.1, 0.15) is 11.9 Å². The monoisotopic (exact) mass is 281 g/mol. The molecule has 0 aromatic carbocycles. The van der Waals surface area contributed by atoms with Crippen LogP contribution in [0.25, 0.3) is 0 Å². The first-order chi connectivity index (χ1) is 9.60. The first-order valence-electron chi connectivity index (χ1n) is 7.51. The van der Waals surface area contributed by atoms with Crippen LogP contribution in [0.3, 0.4) is 0 Å². The summed E-state index contributed by atoms with van der Waals surface area (Å²) in [6, 6.07) is -0.239. The van der Waals surface area contributed by atoms with Gasteiger partial charge < -0.3 is 14.6 Å². The van der Waals surface area contributed by atoms with Crippen LogP contribution in [0.5, 0.6) is 0 Å². The Kier molecular flexibility index (Phi) is 7.30. The molecule has 0 fully saturated rings. The molecule has 1 N–H and O–H groups in total. The van der Waals surface area contributed by atoms with E-state index in [2.05, 4.69) is 35.6 Å². The minimum Gasteiger partial charge on any atom is -0.465 e. The van der Waals surface area contributed by atoms with E-state index in [1.54, 1.807) is 0 Å². The summed E-state index contributed by atoms with van der Waals surface area (Å²) in [5.74, 6) is 1.28. The van der Waals surface area contributed by atoms with Gasteiger partial charge in [0.15, 0.2) is 0 Å². The third kappa shape index (κ3) is 4.96. The van der Waals surface area contributed by atoms with Crippen LogP contribution in [-0.2, 0) is 16.1 Å². The van der Waals surface area contributed by atoms with E-state index in [0.29, 0.717) is 12.5 Å². The van der Waals surface area contributed by atoms with E-state index in [0.717, 1.165) is 31.8 Å². The highest BCUT2D eigenvalue weighted by atomic mass is 16.5. The molecule has 0 radical (unpaired) electrons. The van der Waals surface area contributed by atoms with Crippen molar-refractivity contribution in [1.82, 2.24) is 14.9 Å². The normalized spacial score (nSPS) is 12.7. The van der Waals surface area contributed by atoms with Crippen molar-refractivity contribution in [3.8, 4) is 0 Å². The Bertz CT molecular complexity index is 402. The van der Waals surface area contributed by atoms with Crippen molar-refractivity contribution in [2.45, 2.75) is 59.0 Å². The van der Waals surface area contributed by atoms with Crippen molar-refractivity contribution in [3.05, 3.63) is 18.2 Å². The summed E-state index contributed by atoms with van der Waals surface area (Å²) in [5.41, 5.74) is 0. The highest BCUT2D eigenvalue weighted by Crippen LogP contribution is 2.12. The number of carbonyl (C=O) groups is 1. The molecule has 5 heteroatoms. The molecule has 20 heavy (non-hydrogen) atoms. The number of rotatable bonds is 9. The molecule has 0 saturated carbocycles. The molecule has 0 saturated heterocycles. The highest BCUT2D eigenvalue weighted by molar-refractivity contribution is 5.75. The molecule has 1 aromatic rings. The fourth-order valence-corrected chi connectivity index (χ4v) is 2.14. The van der Waals surface area contributed by atoms with Gasteiger partial charge in [-0.05, 0) is 26.3 Å². The van der Waals surface area contributed by atoms with E-state index in [9.17, 15) is 4.79 Å². The Labute approximate surface area is 121 Å². The zero-order valence-corrected chi connectivity index (χ0v) is 13.1. The van der Waals surface area contributed by atoms with Gasteiger partial charge in [0.05, 0.1) is 6.61 Å². The molecule has 0 aliphatic carbocycles. The second kappa shape index (κ2) is 8.74. The van der Waals surface area contributed by atoms with Gasteiger partial charge >= 0.3 is 5.97 Å². The van der Waals surface area contributed by atoms with E-state index >= 15 is 0 Å². The standard InChI is InChI=1S/C15H27N3O2/c1-5-8-16-13(15(19)20-6-2)7-10-18-11-9-17-14(18)12(3)4/h9,11-13,16H,5-8,10H2,1-4H3. The predicted molar refractivity (Wildman–Crippen MR) is 79.6 cm³/mol. The molecule has 0 amide bonds. The maximum Gasteiger partial charge on any atom is 0.323 e. The van der Waals surface area contributed by atoms with E-state index in [1.165, 1.54) is 0 Å². The molecule has 1 atom stereocenters. The molecule has 1 unspecified atom stereocenters. The van der Waals surface area contributed by atoms with Gasteiger partial charge in [0, 0.05) is 24.9 Å². The molecule has 1 heterocycles. The summed E-state index contributed by atoms with van der Waals surface area (Å²) < 4.78 is 7.24. The summed E-state index contributed by atoms with van der Waals surface area (Å²) in [6.45, 7) is 10.2. The number of imidazole rings is 1. The maximum absolute atomic E-state index is 11.9. The maximum atomic E-state index is 11.9. The van der Waals surface area contributed by atoms with Gasteiger partial charge in [-0.25, -0.2) is 4.98 Å². The fourth-order valence-electron chi connectivity index (χ4n) is 2.14. The van der Waals surface area contributed by atoms with Crippen molar-refractivity contribution < 1.29 is 9.53 Å². The molecule has 0 bridgehead atoms. The molecule has 0 aliphatic rings. The summed E-state index contributed by atoms with van der Waals surface area (Å²) in [5, 5.41) is 3.26. The van der Waals surface area contributed by atoms with Crippen molar-refractivity contribution >= 4 is 5.97 Å². The number of nitrogens with one attached hydrogen (secondary N) is 1. The Morgan fingerprint density at radius 2 is 2.20 bits per heavy atom. The molecule has 114 valence electrons. The second-order valence-electron chi connectivity index (χ2n) is 5.18. The molecule has 0 spiro atoms. The van der Waals surface area contributed by atoms with Gasteiger partial charge in [0.2, 0.25) is 0 Å². The average Bonchev–Trinajstić information content (AvgIpc) is 2.87. The molecule has 1 rings (SSSR count). The highest BCUT2D eigenvalue weighted by Gasteiger charge is 2.19. The van der Waals surface area contributed by atoms with Gasteiger partial charge in [-0.1, -0.05) is 20.8 Å². The Morgan fingerprint density at radius 1 is 1.45 bits per heavy atom. The molecular formula is C15H27N3O2. The Morgan fingerprint density at radius 3 is 2.80 bits per heavy atom. The SMILES string of the molecule is CCCNC(CCn1ccnc1C(C)C)C(=O)OCC.